The van der Waals surface area contributed by atoms with Crippen LogP contribution in [0.1, 0.15) is 19.3 Å². The Morgan fingerprint density at radius 1 is 1.29 bits per heavy atom. The Labute approximate surface area is 107 Å². The molecule has 0 radical (unpaired) electrons. The van der Waals surface area contributed by atoms with Gasteiger partial charge in [0.15, 0.2) is 0 Å². The summed E-state index contributed by atoms with van der Waals surface area (Å²) in [5.41, 5.74) is 0.892. The van der Waals surface area contributed by atoms with E-state index in [1.807, 2.05) is 29.2 Å². The smallest absolute Gasteiger partial charge is 0.224 e. The van der Waals surface area contributed by atoms with Crippen molar-refractivity contribution < 1.29 is 4.79 Å². The molecule has 0 aromatic heterocycles. The molecule has 0 saturated carbocycles. The molecule has 1 N–H and O–H groups in total. The van der Waals surface area contributed by atoms with Crippen LogP contribution < -0.4 is 5.32 Å². The van der Waals surface area contributed by atoms with E-state index in [0.29, 0.717) is 18.0 Å². The Balaban J connectivity index is 1.76. The van der Waals surface area contributed by atoms with Crippen molar-refractivity contribution >= 4 is 23.2 Å². The fourth-order valence-electron chi connectivity index (χ4n) is 2.03. The summed E-state index contributed by atoms with van der Waals surface area (Å²) in [5.74, 6) is 0.238. The van der Waals surface area contributed by atoms with E-state index in [2.05, 4.69) is 5.32 Å². The molecule has 92 valence electrons. The molecule has 1 saturated heterocycles. The number of nitrogens with one attached hydrogen (secondary N) is 1. The van der Waals surface area contributed by atoms with Crippen LogP contribution in [0.15, 0.2) is 24.3 Å². The van der Waals surface area contributed by atoms with Gasteiger partial charge in [-0.25, -0.2) is 0 Å². The third-order valence-electron chi connectivity index (χ3n) is 2.99. The number of para-hydroxylation sites is 1. The topological polar surface area (TPSA) is 32.3 Å². The lowest BCUT2D eigenvalue weighted by Gasteiger charge is -2.15. The summed E-state index contributed by atoms with van der Waals surface area (Å²) in [5, 5.41) is 3.88. The van der Waals surface area contributed by atoms with Gasteiger partial charge in [-0.1, -0.05) is 23.7 Å². The van der Waals surface area contributed by atoms with Crippen LogP contribution in [-0.2, 0) is 4.79 Å². The van der Waals surface area contributed by atoms with Crippen LogP contribution in [0.5, 0.6) is 0 Å². The van der Waals surface area contributed by atoms with Crippen molar-refractivity contribution in [3.8, 4) is 0 Å². The first kappa shape index (κ1) is 12.2. The molecule has 4 heteroatoms. The van der Waals surface area contributed by atoms with Crippen LogP contribution in [-0.4, -0.2) is 30.4 Å². The highest BCUT2D eigenvalue weighted by molar-refractivity contribution is 6.33. The number of nitrogens with zero attached hydrogens (tertiary/aromatic N) is 1. The summed E-state index contributed by atoms with van der Waals surface area (Å²) in [4.78, 5) is 13.7. The van der Waals surface area contributed by atoms with Gasteiger partial charge in [0.05, 0.1) is 10.7 Å². The standard InChI is InChI=1S/C13H17ClN2O/c14-11-5-1-2-6-12(11)15-8-7-13(17)16-9-3-4-10-16/h1-2,5-6,15H,3-4,7-10H2. The number of benzene rings is 1. The maximum atomic E-state index is 11.8. The molecular weight excluding hydrogens is 236 g/mol. The lowest BCUT2D eigenvalue weighted by Crippen LogP contribution is -2.29. The van der Waals surface area contributed by atoms with Gasteiger partial charge in [-0.3, -0.25) is 4.79 Å². The normalized spacial score (nSPS) is 15.0. The van der Waals surface area contributed by atoms with Crippen LogP contribution in [0.25, 0.3) is 0 Å². The average molecular weight is 253 g/mol. The highest BCUT2D eigenvalue weighted by atomic mass is 35.5. The summed E-state index contributed by atoms with van der Waals surface area (Å²) in [6, 6.07) is 7.58. The molecule has 1 aromatic rings. The summed E-state index contributed by atoms with van der Waals surface area (Å²) in [7, 11) is 0. The van der Waals surface area contributed by atoms with Crippen molar-refractivity contribution in [3.05, 3.63) is 29.3 Å². The molecule has 1 aliphatic rings. The summed E-state index contributed by atoms with van der Waals surface area (Å²) >= 11 is 6.01. The van der Waals surface area contributed by atoms with E-state index in [1.165, 1.54) is 0 Å². The zero-order valence-electron chi connectivity index (χ0n) is 9.79. The zero-order chi connectivity index (χ0) is 12.1. The Morgan fingerprint density at radius 2 is 2.00 bits per heavy atom. The molecule has 1 amide bonds. The van der Waals surface area contributed by atoms with Crippen molar-refractivity contribution in [1.29, 1.82) is 0 Å². The van der Waals surface area contributed by atoms with Crippen LogP contribution in [0.2, 0.25) is 5.02 Å². The second kappa shape index (κ2) is 5.92. The van der Waals surface area contributed by atoms with Gasteiger partial charge in [0.1, 0.15) is 0 Å². The molecule has 0 bridgehead atoms. The van der Waals surface area contributed by atoms with Gasteiger partial charge < -0.3 is 10.2 Å². The lowest BCUT2D eigenvalue weighted by atomic mass is 10.3. The van der Waals surface area contributed by atoms with E-state index in [0.717, 1.165) is 31.6 Å². The second-order valence-corrected chi connectivity index (χ2v) is 4.65. The van der Waals surface area contributed by atoms with Gasteiger partial charge in [-0.2, -0.15) is 0 Å². The molecule has 1 aliphatic heterocycles. The van der Waals surface area contributed by atoms with E-state index in [4.69, 9.17) is 11.6 Å². The first-order valence-corrected chi connectivity index (χ1v) is 6.41. The van der Waals surface area contributed by atoms with Gasteiger partial charge >= 0.3 is 0 Å². The Kier molecular flexibility index (Phi) is 4.26. The monoisotopic (exact) mass is 252 g/mol. The number of likely N-dealkylation sites (tertiary alicyclic amines) is 1. The van der Waals surface area contributed by atoms with Gasteiger partial charge in [0.2, 0.25) is 5.91 Å². The molecule has 0 atom stereocenters. The van der Waals surface area contributed by atoms with Crippen molar-refractivity contribution in [2.75, 3.05) is 25.0 Å². The number of rotatable bonds is 4. The van der Waals surface area contributed by atoms with E-state index in [9.17, 15) is 4.79 Å². The quantitative estimate of drug-likeness (QED) is 0.894. The molecule has 0 aliphatic carbocycles. The Hall–Kier alpha value is -1.22. The fraction of sp³-hybridized carbons (Fsp3) is 0.462. The number of amides is 1. The van der Waals surface area contributed by atoms with Gasteiger partial charge in [0, 0.05) is 26.1 Å². The van der Waals surface area contributed by atoms with E-state index in [1.54, 1.807) is 0 Å². The first-order chi connectivity index (χ1) is 8.27. The molecule has 17 heavy (non-hydrogen) atoms. The molecule has 0 unspecified atom stereocenters. The molecule has 0 spiro atoms. The summed E-state index contributed by atoms with van der Waals surface area (Å²) in [6.07, 6.45) is 2.82. The van der Waals surface area contributed by atoms with E-state index < -0.39 is 0 Å². The van der Waals surface area contributed by atoms with E-state index >= 15 is 0 Å². The third-order valence-corrected chi connectivity index (χ3v) is 3.32. The minimum Gasteiger partial charge on any atom is -0.383 e. The highest BCUT2D eigenvalue weighted by Crippen LogP contribution is 2.20. The molecule has 1 heterocycles. The lowest BCUT2D eigenvalue weighted by molar-refractivity contribution is -0.129. The number of halogens is 1. The van der Waals surface area contributed by atoms with Crippen molar-refractivity contribution in [2.24, 2.45) is 0 Å². The second-order valence-electron chi connectivity index (χ2n) is 4.24. The van der Waals surface area contributed by atoms with Crippen LogP contribution in [0, 0.1) is 0 Å². The predicted octanol–water partition coefficient (Wildman–Crippen LogP) is 2.76. The maximum Gasteiger partial charge on any atom is 0.224 e. The van der Waals surface area contributed by atoms with E-state index in [-0.39, 0.29) is 5.91 Å². The Bertz CT molecular complexity index is 389. The molecule has 3 nitrogen and oxygen atoms in total. The fourth-order valence-corrected chi connectivity index (χ4v) is 2.24. The summed E-state index contributed by atoms with van der Waals surface area (Å²) < 4.78 is 0. The van der Waals surface area contributed by atoms with Gasteiger partial charge in [-0.05, 0) is 25.0 Å². The van der Waals surface area contributed by atoms with Crippen LogP contribution >= 0.6 is 11.6 Å². The average Bonchev–Trinajstić information content (AvgIpc) is 2.85. The largest absolute Gasteiger partial charge is 0.383 e. The number of hydrogen-bond acceptors (Lipinski definition) is 2. The SMILES string of the molecule is O=C(CCNc1ccccc1Cl)N1CCCC1. The minimum atomic E-state index is 0.238. The first-order valence-electron chi connectivity index (χ1n) is 6.03. The number of carbonyl (C=O) groups is 1. The third kappa shape index (κ3) is 3.37. The van der Waals surface area contributed by atoms with Gasteiger partial charge in [0.25, 0.3) is 0 Å². The zero-order valence-corrected chi connectivity index (χ0v) is 10.5. The minimum absolute atomic E-state index is 0.238. The summed E-state index contributed by atoms with van der Waals surface area (Å²) in [6.45, 7) is 2.48. The molecule has 1 aromatic carbocycles. The number of anilines is 1. The molecule has 1 fully saturated rings. The predicted molar refractivity (Wildman–Crippen MR) is 70.4 cm³/mol. The highest BCUT2D eigenvalue weighted by Gasteiger charge is 2.16. The maximum absolute atomic E-state index is 11.8. The molecular formula is C13H17ClN2O. The number of hydrogen-bond donors (Lipinski definition) is 1. The number of carbonyl (C=O) groups excluding carboxylic acids is 1. The van der Waals surface area contributed by atoms with Crippen molar-refractivity contribution in [1.82, 2.24) is 4.90 Å². The molecule has 2 rings (SSSR count). The van der Waals surface area contributed by atoms with Crippen molar-refractivity contribution in [3.63, 3.8) is 0 Å². The van der Waals surface area contributed by atoms with Crippen molar-refractivity contribution in [2.45, 2.75) is 19.3 Å². The Morgan fingerprint density at radius 3 is 2.71 bits per heavy atom. The van der Waals surface area contributed by atoms with Gasteiger partial charge in [-0.15, -0.1) is 0 Å². The van der Waals surface area contributed by atoms with Crippen LogP contribution in [0.3, 0.4) is 0 Å². The van der Waals surface area contributed by atoms with Crippen LogP contribution in [0.4, 0.5) is 5.69 Å².